The van der Waals surface area contributed by atoms with E-state index in [0.29, 0.717) is 18.7 Å². The minimum Gasteiger partial charge on any atom is -0.383 e. The van der Waals surface area contributed by atoms with E-state index in [2.05, 4.69) is 9.97 Å². The molecule has 0 radical (unpaired) electrons. The molecule has 0 spiro atoms. The number of nitrogens with zero attached hydrogens (tertiary/aromatic N) is 2. The van der Waals surface area contributed by atoms with E-state index < -0.39 is 11.9 Å². The zero-order chi connectivity index (χ0) is 22.8. The van der Waals surface area contributed by atoms with Crippen LogP contribution in [0, 0.1) is 13.8 Å². The third kappa shape index (κ3) is 5.67. The molecule has 32 heavy (non-hydrogen) atoms. The number of carbonyl (C=O) groups excluding carboxylic acids is 2. The average Bonchev–Trinajstić information content (AvgIpc) is 3.33. The lowest BCUT2D eigenvalue weighted by atomic mass is 10.2. The molecule has 2 heterocycles. The van der Waals surface area contributed by atoms with Gasteiger partial charge in [0.1, 0.15) is 24.1 Å². The van der Waals surface area contributed by atoms with Crippen molar-refractivity contribution in [2.24, 2.45) is 0 Å². The first-order chi connectivity index (χ1) is 15.3. The Balaban J connectivity index is 1.24. The number of carbonyl (C=O) groups is 2. The Kier molecular flexibility index (Phi) is 7.48. The van der Waals surface area contributed by atoms with E-state index in [-0.39, 0.29) is 12.8 Å². The van der Waals surface area contributed by atoms with Gasteiger partial charge in [0.25, 0.3) is 0 Å². The van der Waals surface area contributed by atoms with Crippen LogP contribution in [-0.4, -0.2) is 21.9 Å². The number of halogens is 2. The van der Waals surface area contributed by atoms with Gasteiger partial charge in [-0.1, -0.05) is 23.2 Å². The van der Waals surface area contributed by atoms with Crippen LogP contribution in [-0.2, 0) is 18.0 Å². The number of hydrogen-bond acceptors (Lipinski definition) is 10. The lowest BCUT2D eigenvalue weighted by Crippen LogP contribution is -2.05. The Bertz CT molecular complexity index is 1240. The summed E-state index contributed by atoms with van der Waals surface area (Å²) in [4.78, 5) is 32.9. The SMILES string of the molecule is Cc1cc(Cl)cc2sc(SOC(=O)CCC(=O)OSc3nc4c(C)cc(Cl)cc4s3)nc12. The van der Waals surface area contributed by atoms with Gasteiger partial charge in [0.15, 0.2) is 8.68 Å². The Morgan fingerprint density at radius 1 is 0.812 bits per heavy atom. The molecule has 0 aliphatic carbocycles. The molecular weight excluding hydrogens is 531 g/mol. The molecule has 4 aromatic rings. The Morgan fingerprint density at radius 2 is 1.22 bits per heavy atom. The predicted octanol–water partition coefficient (Wildman–Crippen LogP) is 7.41. The van der Waals surface area contributed by atoms with E-state index in [1.807, 2.05) is 38.1 Å². The molecule has 0 saturated carbocycles. The van der Waals surface area contributed by atoms with Crippen LogP contribution in [0.3, 0.4) is 0 Å². The first kappa shape index (κ1) is 23.6. The molecule has 0 amide bonds. The average molecular weight is 546 g/mol. The molecule has 0 atom stereocenters. The highest BCUT2D eigenvalue weighted by atomic mass is 35.5. The maximum atomic E-state index is 12.0. The van der Waals surface area contributed by atoms with Crippen molar-refractivity contribution < 1.29 is 18.0 Å². The number of aryl methyl sites for hydroxylation is 2. The van der Waals surface area contributed by atoms with Gasteiger partial charge in [0, 0.05) is 10.0 Å². The molecule has 0 unspecified atom stereocenters. The van der Waals surface area contributed by atoms with Crippen LogP contribution >= 0.6 is 70.0 Å². The lowest BCUT2D eigenvalue weighted by molar-refractivity contribution is -0.139. The third-order valence-electron chi connectivity index (χ3n) is 4.21. The highest BCUT2D eigenvalue weighted by Crippen LogP contribution is 2.35. The Morgan fingerprint density at radius 3 is 1.62 bits per heavy atom. The number of fused-ring (bicyclic) bond motifs is 2. The second-order valence-corrected chi connectivity index (χ2v) is 11.6. The quantitative estimate of drug-likeness (QED) is 0.222. The van der Waals surface area contributed by atoms with Gasteiger partial charge in [0.2, 0.25) is 0 Å². The standard InChI is InChI=1S/C20H14Cl2N2O4S4/c1-9-5-11(21)7-13-17(9)23-19(29-13)31-27-15(25)3-4-16(26)28-32-20-24-18-10(2)6-12(22)8-14(18)30-20/h5-8H,3-4H2,1-2H3. The first-order valence-corrected chi connectivity index (χ1v) is 13.0. The maximum absolute atomic E-state index is 12.0. The van der Waals surface area contributed by atoms with E-state index in [0.717, 1.165) is 55.6 Å². The van der Waals surface area contributed by atoms with Crippen LogP contribution < -0.4 is 0 Å². The zero-order valence-corrected chi connectivity index (χ0v) is 21.4. The Labute approximate surface area is 210 Å². The summed E-state index contributed by atoms with van der Waals surface area (Å²) in [5.41, 5.74) is 3.55. The topological polar surface area (TPSA) is 78.4 Å². The normalized spacial score (nSPS) is 11.2. The van der Waals surface area contributed by atoms with Gasteiger partial charge in [-0.3, -0.25) is 9.59 Å². The highest BCUT2D eigenvalue weighted by Gasteiger charge is 2.15. The van der Waals surface area contributed by atoms with E-state index in [1.165, 1.54) is 22.7 Å². The molecule has 2 aromatic heterocycles. The van der Waals surface area contributed by atoms with Crippen molar-refractivity contribution in [1.29, 1.82) is 0 Å². The van der Waals surface area contributed by atoms with Gasteiger partial charge < -0.3 is 8.37 Å². The maximum Gasteiger partial charge on any atom is 0.318 e. The van der Waals surface area contributed by atoms with Crippen molar-refractivity contribution >= 4 is 102 Å². The van der Waals surface area contributed by atoms with Crippen LogP contribution in [0.2, 0.25) is 10.0 Å². The van der Waals surface area contributed by atoms with Crippen LogP contribution in [0.15, 0.2) is 32.9 Å². The summed E-state index contributed by atoms with van der Waals surface area (Å²) in [5.74, 6) is -1.06. The summed E-state index contributed by atoms with van der Waals surface area (Å²) in [5, 5.41) is 1.27. The predicted molar refractivity (Wildman–Crippen MR) is 132 cm³/mol. The summed E-state index contributed by atoms with van der Waals surface area (Å²) in [6, 6.07) is 7.31. The Hall–Kier alpha value is -1.56. The van der Waals surface area contributed by atoms with Crippen molar-refractivity contribution in [3.8, 4) is 0 Å². The van der Waals surface area contributed by atoms with Crippen LogP contribution in [0.25, 0.3) is 20.4 Å². The van der Waals surface area contributed by atoms with Gasteiger partial charge in [0.05, 0.1) is 33.3 Å². The van der Waals surface area contributed by atoms with Gasteiger partial charge in [-0.25, -0.2) is 9.97 Å². The number of benzene rings is 2. The van der Waals surface area contributed by atoms with Gasteiger partial charge in [-0.15, -0.1) is 22.7 Å². The fourth-order valence-electron chi connectivity index (χ4n) is 2.79. The first-order valence-electron chi connectivity index (χ1n) is 9.16. The lowest BCUT2D eigenvalue weighted by Gasteiger charge is -2.01. The van der Waals surface area contributed by atoms with E-state index in [1.54, 1.807) is 0 Å². The van der Waals surface area contributed by atoms with E-state index >= 15 is 0 Å². The van der Waals surface area contributed by atoms with Crippen molar-refractivity contribution in [3.05, 3.63) is 45.4 Å². The number of thiazole rings is 2. The van der Waals surface area contributed by atoms with E-state index in [4.69, 9.17) is 31.6 Å². The summed E-state index contributed by atoms with van der Waals surface area (Å²) < 4.78 is 13.3. The molecule has 12 heteroatoms. The molecular formula is C20H14Cl2N2O4S4. The van der Waals surface area contributed by atoms with Crippen molar-refractivity contribution in [1.82, 2.24) is 9.97 Å². The highest BCUT2D eigenvalue weighted by molar-refractivity contribution is 7.97. The van der Waals surface area contributed by atoms with Crippen LogP contribution in [0.4, 0.5) is 0 Å². The second kappa shape index (κ2) is 10.1. The molecule has 0 aliphatic rings. The monoisotopic (exact) mass is 544 g/mol. The number of hydrogen-bond donors (Lipinski definition) is 0. The molecule has 4 rings (SSSR count). The molecule has 0 aliphatic heterocycles. The number of aromatic nitrogens is 2. The second-order valence-electron chi connectivity index (χ2n) is 6.68. The van der Waals surface area contributed by atoms with E-state index in [9.17, 15) is 9.59 Å². The fourth-order valence-corrected chi connectivity index (χ4v) is 6.86. The summed E-state index contributed by atoms with van der Waals surface area (Å²) in [6.07, 6.45) is -0.201. The molecule has 0 saturated heterocycles. The van der Waals surface area contributed by atoms with Gasteiger partial charge in [-0.2, -0.15) is 0 Å². The molecule has 6 nitrogen and oxygen atoms in total. The van der Waals surface area contributed by atoms with Crippen molar-refractivity contribution in [2.45, 2.75) is 35.4 Å². The molecule has 2 aromatic carbocycles. The molecule has 0 N–H and O–H groups in total. The minimum absolute atomic E-state index is 0.100. The van der Waals surface area contributed by atoms with Crippen molar-refractivity contribution in [2.75, 3.05) is 0 Å². The van der Waals surface area contributed by atoms with Crippen molar-refractivity contribution in [3.63, 3.8) is 0 Å². The number of rotatable bonds is 7. The molecule has 166 valence electrons. The smallest absolute Gasteiger partial charge is 0.318 e. The van der Waals surface area contributed by atoms with Gasteiger partial charge in [-0.05, 0) is 49.2 Å². The van der Waals surface area contributed by atoms with Crippen LogP contribution in [0.1, 0.15) is 24.0 Å². The fraction of sp³-hybridized carbons (Fsp3) is 0.200. The summed E-state index contributed by atoms with van der Waals surface area (Å²) in [7, 11) is 0. The molecule has 0 bridgehead atoms. The largest absolute Gasteiger partial charge is 0.383 e. The van der Waals surface area contributed by atoms with Gasteiger partial charge >= 0.3 is 11.9 Å². The van der Waals surface area contributed by atoms with Crippen LogP contribution in [0.5, 0.6) is 0 Å². The molecule has 0 fully saturated rings. The summed E-state index contributed by atoms with van der Waals surface area (Å²) in [6.45, 7) is 3.84. The summed E-state index contributed by atoms with van der Waals surface area (Å²) >= 11 is 16.6. The zero-order valence-electron chi connectivity index (χ0n) is 16.6. The third-order valence-corrected chi connectivity index (χ3v) is 8.15. The minimum atomic E-state index is -0.531.